The quantitative estimate of drug-likeness (QED) is 0.239. The van der Waals surface area contributed by atoms with Gasteiger partial charge in [0, 0.05) is 0 Å². The second-order valence-corrected chi connectivity index (χ2v) is 35.9. The van der Waals surface area contributed by atoms with Gasteiger partial charge in [-0.15, -0.1) is 25.2 Å². The molecule has 228 valence electrons. The van der Waals surface area contributed by atoms with E-state index in [4.69, 9.17) is 11.5 Å². The summed E-state index contributed by atoms with van der Waals surface area (Å²) in [5, 5.41) is 0. The SMILES string of the molecule is CC1=[C-]C(C)C(C)=C1C.CC1=[C-]C(C)C(C)=C1C.C[Si](C)=[Hf+2].C[Si](C)=[Hf+2].[Cl-].[Cl-].[NH-]c1ccccc1.[NH-]c1ccccc1. The molecule has 0 heterocycles. The smallest absolute Gasteiger partial charge is 0.0624 e. The van der Waals surface area contributed by atoms with Gasteiger partial charge < -0.3 is 36.3 Å². The zero-order valence-electron chi connectivity index (χ0n) is 27.7. The molecule has 0 bridgehead atoms. The monoisotopic (exact) mass is 972 g/mol. The fourth-order valence-corrected chi connectivity index (χ4v) is 3.20. The predicted molar refractivity (Wildman–Crippen MR) is 176 cm³/mol. The van der Waals surface area contributed by atoms with Crippen molar-refractivity contribution in [1.29, 1.82) is 0 Å². The van der Waals surface area contributed by atoms with Gasteiger partial charge in [-0.05, 0) is 0 Å². The van der Waals surface area contributed by atoms with Crippen LogP contribution in [0.5, 0.6) is 0 Å². The van der Waals surface area contributed by atoms with Crippen molar-refractivity contribution < 1.29 is 70.8 Å². The standard InChI is InChI=1S/2C9H13.2C6H6N.2C2H6Si.2ClH.2Hf/c2*1-6-5-7(2)9(4)8(6)3;2*7-6-4-2-1-3-5-6;2*1-3-2;;;;/h2*6H,1-4H3;2*1-5,7H;2*1-2H3;2*1H;;/q4*-1;;;;;2*+2/p-2. The Morgan fingerprint density at radius 3 is 0.833 bits per heavy atom. The van der Waals surface area contributed by atoms with Crippen LogP contribution >= 0.6 is 0 Å². The molecule has 2 unspecified atom stereocenters. The van der Waals surface area contributed by atoms with Crippen LogP contribution in [0.4, 0.5) is 11.4 Å². The van der Waals surface area contributed by atoms with Crippen molar-refractivity contribution in [3.8, 4) is 0 Å². The molecule has 2 aliphatic carbocycles. The van der Waals surface area contributed by atoms with Crippen LogP contribution in [0.15, 0.2) is 94.1 Å². The van der Waals surface area contributed by atoms with Crippen LogP contribution in [-0.2, 0) is 46.0 Å². The number of benzene rings is 2. The van der Waals surface area contributed by atoms with Crippen molar-refractivity contribution in [2.75, 3.05) is 0 Å². The van der Waals surface area contributed by atoms with Crippen molar-refractivity contribution in [3.05, 3.63) is 118 Å². The zero-order chi connectivity index (χ0) is 31.4. The van der Waals surface area contributed by atoms with Gasteiger partial charge in [-0.2, -0.15) is 22.3 Å². The Morgan fingerprint density at radius 2 is 0.762 bits per heavy atom. The molecule has 2 aromatic rings. The van der Waals surface area contributed by atoms with Gasteiger partial charge in [0.25, 0.3) is 0 Å². The van der Waals surface area contributed by atoms with Gasteiger partial charge in [0.15, 0.2) is 0 Å². The Bertz CT molecular complexity index is 1080. The third kappa shape index (κ3) is 26.2. The van der Waals surface area contributed by atoms with E-state index >= 15 is 0 Å². The van der Waals surface area contributed by atoms with Crippen LogP contribution in [-0.4, -0.2) is 11.0 Å². The molecule has 0 amide bonds. The number of allylic oxidation sites excluding steroid dienone is 8. The van der Waals surface area contributed by atoms with E-state index in [0.29, 0.717) is 23.2 Å². The summed E-state index contributed by atoms with van der Waals surface area (Å²) in [5.74, 6) is 1.12. The maximum Gasteiger partial charge on any atom is -0.0624 e. The summed E-state index contributed by atoms with van der Waals surface area (Å²) >= 11 is 2.90. The molecule has 2 N–H and O–H groups in total. The number of hydrogen-bond acceptors (Lipinski definition) is 0. The summed E-state index contributed by atoms with van der Waals surface area (Å²) in [6, 6.07) is 18.2. The Morgan fingerprint density at radius 1 is 0.548 bits per heavy atom. The van der Waals surface area contributed by atoms with Gasteiger partial charge in [0.1, 0.15) is 0 Å². The molecule has 0 spiro atoms. The zero-order valence-corrected chi connectivity index (χ0v) is 38.4. The van der Waals surface area contributed by atoms with Crippen molar-refractivity contribution in [2.24, 2.45) is 11.8 Å². The molecular weight excluding hydrogens is 920 g/mol. The van der Waals surface area contributed by atoms with Gasteiger partial charge in [-0.3, -0.25) is 12.2 Å². The summed E-state index contributed by atoms with van der Waals surface area (Å²) < 4.78 is 0. The molecule has 2 nitrogen and oxygen atoms in total. The van der Waals surface area contributed by atoms with E-state index in [-0.39, 0.29) is 35.8 Å². The van der Waals surface area contributed by atoms with Crippen molar-refractivity contribution >= 4 is 22.4 Å². The Kier molecular flexibility index (Phi) is 32.7. The van der Waals surface area contributed by atoms with E-state index in [2.05, 4.69) is 93.7 Å². The number of rotatable bonds is 0. The molecule has 2 aromatic carbocycles. The first-order valence-corrected chi connectivity index (χ1v) is 29.4. The molecule has 0 aromatic heterocycles. The van der Waals surface area contributed by atoms with Crippen LogP contribution in [0.25, 0.3) is 11.5 Å². The minimum Gasteiger partial charge on any atom is -1.00 e. The van der Waals surface area contributed by atoms with Crippen LogP contribution in [0, 0.1) is 24.0 Å². The first-order valence-electron chi connectivity index (χ1n) is 13.6. The number of hydrogen-bond donors (Lipinski definition) is 0. The molecule has 2 atom stereocenters. The fourth-order valence-electron chi connectivity index (χ4n) is 3.20. The Balaban J connectivity index is -0.000000210. The number of nitrogens with one attached hydrogen (secondary N) is 2. The van der Waals surface area contributed by atoms with Crippen molar-refractivity contribution in [3.63, 3.8) is 0 Å². The van der Waals surface area contributed by atoms with Gasteiger partial charge in [0.05, 0.1) is 0 Å². The van der Waals surface area contributed by atoms with E-state index in [1.54, 1.807) is 24.3 Å². The van der Waals surface area contributed by atoms with Crippen LogP contribution < -0.4 is 24.8 Å². The number of halogens is 2. The average Bonchev–Trinajstić information content (AvgIpc) is 3.22. The summed E-state index contributed by atoms with van der Waals surface area (Å²) in [7, 11) is 0. The normalized spacial score (nSPS) is 15.8. The largest absolute Gasteiger partial charge is 1.00 e. The summed E-state index contributed by atoms with van der Waals surface area (Å²) in [6.07, 6.45) is 6.72. The summed E-state index contributed by atoms with van der Waals surface area (Å²) in [5.41, 5.74) is 24.1. The maximum absolute atomic E-state index is 7.00. The molecule has 2 aliphatic rings. The van der Waals surface area contributed by atoms with Crippen LogP contribution in [0.2, 0.25) is 26.2 Å². The van der Waals surface area contributed by atoms with E-state index in [1.165, 1.54) is 79.4 Å². The maximum atomic E-state index is 7.00. The fraction of sp³-hybridized carbons (Fsp3) is 0.412. The second-order valence-electron chi connectivity index (χ2n) is 10.3. The van der Waals surface area contributed by atoms with E-state index in [1.807, 2.05) is 36.4 Å². The molecule has 4 rings (SSSR count). The Labute approximate surface area is 301 Å². The van der Waals surface area contributed by atoms with E-state index in [9.17, 15) is 0 Å². The summed E-state index contributed by atoms with van der Waals surface area (Å²) in [4.78, 5) is 0. The third-order valence-electron chi connectivity index (χ3n) is 6.02. The van der Waals surface area contributed by atoms with E-state index < -0.39 is 0 Å². The van der Waals surface area contributed by atoms with Crippen molar-refractivity contribution in [1.82, 2.24) is 0 Å². The first kappa shape index (κ1) is 48.7. The molecule has 0 saturated heterocycles. The molecule has 0 aliphatic heterocycles. The second kappa shape index (κ2) is 28.2. The molecule has 0 saturated carbocycles. The van der Waals surface area contributed by atoms with Crippen LogP contribution in [0.1, 0.15) is 55.4 Å². The van der Waals surface area contributed by atoms with Gasteiger partial charge in [-0.1, -0.05) is 114 Å². The summed E-state index contributed by atoms with van der Waals surface area (Å²) in [6.45, 7) is 26.7. The van der Waals surface area contributed by atoms with Crippen molar-refractivity contribution in [2.45, 2.75) is 81.6 Å². The van der Waals surface area contributed by atoms with E-state index in [0.717, 1.165) is 0 Å². The molecule has 8 heteroatoms. The predicted octanol–water partition coefficient (Wildman–Crippen LogP) is 5.76. The molecule has 0 fully saturated rings. The first-order chi connectivity index (χ1) is 18.5. The minimum atomic E-state index is 0. The third-order valence-corrected chi connectivity index (χ3v) is 6.02. The molecular formula is C34H50Cl2Hf2N2Si2-2. The minimum absolute atomic E-state index is 0. The Hall–Kier alpha value is -0.246. The molecule has 42 heavy (non-hydrogen) atoms. The average molecular weight is 971 g/mol. The van der Waals surface area contributed by atoms with Gasteiger partial charge in [-0.25, -0.2) is 11.1 Å². The molecule has 0 radical (unpaired) electrons. The topological polar surface area (TPSA) is 47.6 Å². The van der Waals surface area contributed by atoms with Gasteiger partial charge >= 0.3 is 83.2 Å². The van der Waals surface area contributed by atoms with Crippen LogP contribution in [0.3, 0.4) is 0 Å². The van der Waals surface area contributed by atoms with Gasteiger partial charge in [0.2, 0.25) is 0 Å².